The number of nitrogens with one attached hydrogen (secondary N) is 2. The molecule has 0 aromatic heterocycles. The zero-order chi connectivity index (χ0) is 18.9. The second-order valence-corrected chi connectivity index (χ2v) is 6.41. The topological polar surface area (TPSA) is 96.9 Å². The van der Waals surface area contributed by atoms with E-state index in [0.717, 1.165) is 11.3 Å². The Balaban J connectivity index is 1.77. The number of aliphatic hydroxyl groups excluding tert-OH is 1. The predicted molar refractivity (Wildman–Crippen MR) is 96.7 cm³/mol. The van der Waals surface area contributed by atoms with E-state index in [1.165, 1.54) is 0 Å². The van der Waals surface area contributed by atoms with Gasteiger partial charge < -0.3 is 25.2 Å². The number of carbonyl (C=O) groups is 2. The molecule has 3 atom stereocenters. The van der Waals surface area contributed by atoms with Crippen molar-refractivity contribution in [2.45, 2.75) is 57.4 Å². The summed E-state index contributed by atoms with van der Waals surface area (Å²) in [7, 11) is 1.61. The van der Waals surface area contributed by atoms with Crippen molar-refractivity contribution < 1.29 is 24.2 Å². The van der Waals surface area contributed by atoms with Crippen molar-refractivity contribution in [1.29, 1.82) is 0 Å². The quantitative estimate of drug-likeness (QED) is 0.643. The normalized spacial score (nSPS) is 22.5. The lowest BCUT2D eigenvalue weighted by molar-refractivity contribution is -0.135. The van der Waals surface area contributed by atoms with E-state index in [-0.39, 0.29) is 37.0 Å². The molecule has 0 bridgehead atoms. The molecule has 3 N–H and O–H groups in total. The number of hydrogen-bond donors (Lipinski definition) is 3. The van der Waals surface area contributed by atoms with Gasteiger partial charge in [0.15, 0.2) is 0 Å². The van der Waals surface area contributed by atoms with E-state index in [0.29, 0.717) is 25.8 Å². The third kappa shape index (κ3) is 6.00. The van der Waals surface area contributed by atoms with Gasteiger partial charge in [-0.1, -0.05) is 19.1 Å². The van der Waals surface area contributed by atoms with Gasteiger partial charge in [-0.15, -0.1) is 0 Å². The smallest absolute Gasteiger partial charge is 0.222 e. The zero-order valence-electron chi connectivity index (χ0n) is 15.4. The van der Waals surface area contributed by atoms with Crippen LogP contribution < -0.4 is 15.4 Å². The highest BCUT2D eigenvalue weighted by Gasteiger charge is 2.32. The molecule has 0 aliphatic carbocycles. The minimum Gasteiger partial charge on any atom is -0.497 e. The first-order valence-electron chi connectivity index (χ1n) is 9.01. The van der Waals surface area contributed by atoms with Crippen LogP contribution in [0.1, 0.15) is 38.2 Å². The molecule has 1 aromatic carbocycles. The van der Waals surface area contributed by atoms with Gasteiger partial charge in [0.05, 0.1) is 32.3 Å². The summed E-state index contributed by atoms with van der Waals surface area (Å²) < 4.78 is 10.9. The van der Waals surface area contributed by atoms with Crippen LogP contribution in [-0.2, 0) is 20.9 Å². The van der Waals surface area contributed by atoms with Crippen LogP contribution in [0.4, 0.5) is 0 Å². The number of aliphatic hydroxyl groups is 1. The summed E-state index contributed by atoms with van der Waals surface area (Å²) in [4.78, 5) is 23.7. The maximum atomic E-state index is 12.2. The molecule has 1 aromatic rings. The van der Waals surface area contributed by atoms with Crippen LogP contribution in [0.25, 0.3) is 0 Å². The summed E-state index contributed by atoms with van der Waals surface area (Å²) in [5, 5.41) is 15.2. The average molecular weight is 364 g/mol. The van der Waals surface area contributed by atoms with E-state index in [4.69, 9.17) is 9.47 Å². The van der Waals surface area contributed by atoms with Crippen molar-refractivity contribution in [2.24, 2.45) is 0 Å². The monoisotopic (exact) mass is 364 g/mol. The number of methoxy groups -OCH3 is 1. The van der Waals surface area contributed by atoms with Gasteiger partial charge in [0, 0.05) is 13.0 Å². The van der Waals surface area contributed by atoms with Gasteiger partial charge in [0.25, 0.3) is 0 Å². The van der Waals surface area contributed by atoms with Crippen molar-refractivity contribution in [1.82, 2.24) is 10.6 Å². The highest BCUT2D eigenvalue weighted by atomic mass is 16.5. The minimum absolute atomic E-state index is 0.0623. The molecule has 0 unspecified atom stereocenters. The fourth-order valence-electron chi connectivity index (χ4n) is 2.98. The molecule has 0 saturated carbocycles. The minimum atomic E-state index is -0.473. The van der Waals surface area contributed by atoms with Crippen LogP contribution in [0.15, 0.2) is 24.3 Å². The van der Waals surface area contributed by atoms with Crippen molar-refractivity contribution in [3.05, 3.63) is 29.8 Å². The van der Waals surface area contributed by atoms with Gasteiger partial charge in [0.2, 0.25) is 11.8 Å². The lowest BCUT2D eigenvalue weighted by atomic mass is 9.96. The molecule has 1 aliphatic rings. The highest BCUT2D eigenvalue weighted by Crippen LogP contribution is 2.22. The summed E-state index contributed by atoms with van der Waals surface area (Å²) >= 11 is 0. The number of carbonyl (C=O) groups excluding carboxylic acids is 2. The van der Waals surface area contributed by atoms with Crippen molar-refractivity contribution in [3.63, 3.8) is 0 Å². The third-order valence-corrected chi connectivity index (χ3v) is 4.52. The zero-order valence-corrected chi connectivity index (χ0v) is 15.4. The molecule has 0 radical (unpaired) electrons. The molecular weight excluding hydrogens is 336 g/mol. The van der Waals surface area contributed by atoms with E-state index in [2.05, 4.69) is 10.6 Å². The molecule has 1 saturated heterocycles. The molecule has 1 fully saturated rings. The Morgan fingerprint density at radius 1 is 1.23 bits per heavy atom. The summed E-state index contributed by atoms with van der Waals surface area (Å²) in [6.07, 6.45) is 1.26. The van der Waals surface area contributed by atoms with Crippen molar-refractivity contribution >= 4 is 11.8 Å². The van der Waals surface area contributed by atoms with Crippen LogP contribution in [0, 0.1) is 0 Å². The van der Waals surface area contributed by atoms with Gasteiger partial charge in [-0.05, 0) is 30.5 Å². The number of ether oxygens (including phenoxy) is 2. The van der Waals surface area contributed by atoms with Crippen LogP contribution in [-0.4, -0.2) is 48.9 Å². The molecule has 1 aliphatic heterocycles. The lowest BCUT2D eigenvalue weighted by Crippen LogP contribution is -2.51. The van der Waals surface area contributed by atoms with E-state index in [1.807, 2.05) is 24.3 Å². The van der Waals surface area contributed by atoms with Crippen LogP contribution in [0.5, 0.6) is 5.75 Å². The molecule has 2 rings (SSSR count). The largest absolute Gasteiger partial charge is 0.497 e. The van der Waals surface area contributed by atoms with Gasteiger partial charge >= 0.3 is 0 Å². The van der Waals surface area contributed by atoms with Crippen molar-refractivity contribution in [3.8, 4) is 5.75 Å². The van der Waals surface area contributed by atoms with Gasteiger partial charge in [-0.3, -0.25) is 9.59 Å². The van der Waals surface area contributed by atoms with Gasteiger partial charge in [-0.2, -0.15) is 0 Å². The van der Waals surface area contributed by atoms with Gasteiger partial charge in [0.1, 0.15) is 11.9 Å². The standard InChI is InChI=1S/C19H28N2O5/c1-3-18(23)21-16-9-8-15(26-17(16)12-22)10-19(24)20-11-13-4-6-14(25-2)7-5-13/h4-7,15-17,22H,3,8-12H2,1-2H3,(H,20,24)(H,21,23)/t15-,16+,17-/m1/s1. The fourth-order valence-corrected chi connectivity index (χ4v) is 2.98. The number of hydrogen-bond acceptors (Lipinski definition) is 5. The first-order valence-corrected chi connectivity index (χ1v) is 9.01. The van der Waals surface area contributed by atoms with E-state index in [9.17, 15) is 14.7 Å². The Hall–Kier alpha value is -2.12. The second-order valence-electron chi connectivity index (χ2n) is 6.41. The molecule has 1 heterocycles. The molecule has 144 valence electrons. The Kier molecular flexibility index (Phi) is 7.87. The Morgan fingerprint density at radius 3 is 2.58 bits per heavy atom. The number of amides is 2. The molecule has 2 amide bonds. The first-order chi connectivity index (χ1) is 12.5. The van der Waals surface area contributed by atoms with E-state index < -0.39 is 6.10 Å². The Bertz CT molecular complexity index is 590. The lowest BCUT2D eigenvalue weighted by Gasteiger charge is -2.36. The molecular formula is C19H28N2O5. The van der Waals surface area contributed by atoms with Crippen molar-refractivity contribution in [2.75, 3.05) is 13.7 Å². The summed E-state index contributed by atoms with van der Waals surface area (Å²) in [6.45, 7) is 2.04. The van der Waals surface area contributed by atoms with E-state index >= 15 is 0 Å². The number of rotatable bonds is 8. The Morgan fingerprint density at radius 2 is 1.96 bits per heavy atom. The third-order valence-electron chi connectivity index (χ3n) is 4.52. The average Bonchev–Trinajstić information content (AvgIpc) is 2.67. The molecule has 0 spiro atoms. The van der Waals surface area contributed by atoms with Gasteiger partial charge in [-0.25, -0.2) is 0 Å². The molecule has 7 heteroatoms. The van der Waals surface area contributed by atoms with Crippen LogP contribution in [0.3, 0.4) is 0 Å². The highest BCUT2D eigenvalue weighted by molar-refractivity contribution is 5.76. The Labute approximate surface area is 154 Å². The van der Waals surface area contributed by atoms with Crippen LogP contribution in [0.2, 0.25) is 0 Å². The predicted octanol–water partition coefficient (Wildman–Crippen LogP) is 1.14. The molecule has 26 heavy (non-hydrogen) atoms. The first kappa shape index (κ1) is 20.2. The fraction of sp³-hybridized carbons (Fsp3) is 0.579. The maximum absolute atomic E-state index is 12.2. The second kappa shape index (κ2) is 10.1. The van der Waals surface area contributed by atoms with Crippen LogP contribution >= 0.6 is 0 Å². The number of benzene rings is 1. The summed E-state index contributed by atoms with van der Waals surface area (Å²) in [5.74, 6) is 0.613. The van der Waals surface area contributed by atoms with E-state index in [1.54, 1.807) is 14.0 Å². The SMILES string of the molecule is CCC(=O)N[C@H]1CC[C@H](CC(=O)NCc2ccc(OC)cc2)O[C@@H]1CO. The molecule has 7 nitrogen and oxygen atoms in total. The summed E-state index contributed by atoms with van der Waals surface area (Å²) in [5.41, 5.74) is 0.985. The summed E-state index contributed by atoms with van der Waals surface area (Å²) in [6, 6.07) is 7.30. The maximum Gasteiger partial charge on any atom is 0.222 e.